The molecule has 2 aromatic rings. The van der Waals surface area contributed by atoms with Gasteiger partial charge >= 0.3 is 17.9 Å². The van der Waals surface area contributed by atoms with Gasteiger partial charge in [-0.1, -0.05) is 74.5 Å². The van der Waals surface area contributed by atoms with Crippen LogP contribution in [0.15, 0.2) is 60.7 Å². The molecule has 340 valence electrons. The Bertz CT molecular complexity index is 2020. The Labute approximate surface area is 361 Å². The van der Waals surface area contributed by atoms with Crippen LogP contribution in [0, 0.1) is 5.92 Å². The van der Waals surface area contributed by atoms with Crippen LogP contribution in [-0.2, 0) is 65.6 Å². The minimum atomic E-state index is -1.96. The quantitative estimate of drug-likeness (QED) is 0.0737. The van der Waals surface area contributed by atoms with Gasteiger partial charge in [-0.3, -0.25) is 47.9 Å². The van der Waals surface area contributed by atoms with E-state index in [1.54, 1.807) is 74.5 Å². The second kappa shape index (κ2) is 24.2. The molecule has 1 saturated heterocycles. The third kappa shape index (κ3) is 17.2. The van der Waals surface area contributed by atoms with E-state index in [9.17, 15) is 68.1 Å². The first-order chi connectivity index (χ1) is 29.7. The summed E-state index contributed by atoms with van der Waals surface area (Å²) in [6, 6.07) is 4.80. The van der Waals surface area contributed by atoms with E-state index < -0.39 is 133 Å². The monoisotopic (exact) mass is 880 g/mol. The maximum Gasteiger partial charge on any atom is 0.326 e. The molecule has 0 aliphatic carbocycles. The van der Waals surface area contributed by atoms with Gasteiger partial charge in [0, 0.05) is 26.3 Å². The zero-order valence-corrected chi connectivity index (χ0v) is 34.7. The highest BCUT2D eigenvalue weighted by molar-refractivity contribution is 6.00. The Morgan fingerprint density at radius 1 is 0.667 bits per heavy atom. The SMILES string of the molecule is CC(=O)N[C@@H](Cc1ccccc1)C(=O)N[C@H]1CC(=O)NC[C@@H](C(=O)N[C@H](CC(=O)O)C(=O)N[C@H](Cc2ccccc2)C(=O)O)NC(=O)[C@H](CC(=O)O)NC(=O)[C@H](CC(C)C)NC1=O. The van der Waals surface area contributed by atoms with Crippen molar-refractivity contribution in [2.45, 2.75) is 102 Å². The van der Waals surface area contributed by atoms with Crippen LogP contribution in [0.25, 0.3) is 0 Å². The smallest absolute Gasteiger partial charge is 0.326 e. The Balaban J connectivity index is 1.99. The Morgan fingerprint density at radius 3 is 1.75 bits per heavy atom. The molecule has 11 N–H and O–H groups in total. The number of carboxylic acid groups (broad SMARTS) is 3. The van der Waals surface area contributed by atoms with Gasteiger partial charge in [0.2, 0.25) is 47.3 Å². The molecule has 22 nitrogen and oxygen atoms in total. The molecule has 0 saturated carbocycles. The van der Waals surface area contributed by atoms with Gasteiger partial charge in [-0.2, -0.15) is 0 Å². The molecule has 0 radical (unpaired) electrons. The van der Waals surface area contributed by atoms with Gasteiger partial charge in [-0.25, -0.2) is 4.79 Å². The number of nitrogens with one attached hydrogen (secondary N) is 8. The van der Waals surface area contributed by atoms with E-state index >= 15 is 0 Å². The average Bonchev–Trinajstić information content (AvgIpc) is 3.20. The van der Waals surface area contributed by atoms with Crippen LogP contribution < -0.4 is 42.5 Å². The number of rotatable bonds is 18. The molecule has 1 aliphatic heterocycles. The molecule has 8 amide bonds. The van der Waals surface area contributed by atoms with Crippen LogP contribution in [0.1, 0.15) is 57.6 Å². The molecule has 1 fully saturated rings. The van der Waals surface area contributed by atoms with Gasteiger partial charge in [0.05, 0.1) is 19.3 Å². The molecule has 1 aliphatic rings. The van der Waals surface area contributed by atoms with E-state index in [0.29, 0.717) is 11.1 Å². The summed E-state index contributed by atoms with van der Waals surface area (Å²) in [7, 11) is 0. The normalized spacial score (nSPS) is 19.8. The molecule has 22 heteroatoms. The zero-order valence-electron chi connectivity index (χ0n) is 34.7. The number of aliphatic carboxylic acids is 3. The first-order valence-corrected chi connectivity index (χ1v) is 19.8. The summed E-state index contributed by atoms with van der Waals surface area (Å²) in [6.45, 7) is 3.69. The van der Waals surface area contributed by atoms with Crippen molar-refractivity contribution < 1.29 is 68.1 Å². The number of hydrogen-bond donors (Lipinski definition) is 11. The number of benzene rings is 2. The van der Waals surface area contributed by atoms with Crippen LogP contribution in [0.3, 0.4) is 0 Å². The standard InChI is InChI=1S/C41H52N8O14/c1-21(2)14-25-35(56)46-29(19-34(54)55)39(60)49-31(40(61)47-28(18-33(52)53)38(59)48-30(41(62)63)16-24-12-8-5-9-13-24)20-42-32(51)17-27(37(58)44-25)45-36(57)26(43-22(3)50)15-23-10-6-4-7-11-23/h4-13,21,25-31H,14-20H2,1-3H3,(H,42,51)(H,43,50)(H,44,58)(H,45,57)(H,46,56)(H,47,61)(H,48,59)(H,49,60)(H,52,53)(H,54,55)(H,62,63)/t25-,26-,27-,28+,29-,30+,31-/m0/s1. The molecule has 2 aromatic carbocycles. The van der Waals surface area contributed by atoms with Crippen LogP contribution >= 0.6 is 0 Å². The lowest BCUT2D eigenvalue weighted by Gasteiger charge is -2.29. The number of amides is 8. The van der Waals surface area contributed by atoms with Crippen molar-refractivity contribution >= 4 is 65.2 Å². The van der Waals surface area contributed by atoms with Gasteiger partial charge in [0.1, 0.15) is 42.3 Å². The van der Waals surface area contributed by atoms with Crippen molar-refractivity contribution in [3.8, 4) is 0 Å². The Morgan fingerprint density at radius 2 is 1.22 bits per heavy atom. The van der Waals surface area contributed by atoms with Crippen LogP contribution in [0.2, 0.25) is 0 Å². The van der Waals surface area contributed by atoms with Gasteiger partial charge in [0.15, 0.2) is 0 Å². The van der Waals surface area contributed by atoms with E-state index in [1.165, 1.54) is 6.92 Å². The van der Waals surface area contributed by atoms with Gasteiger partial charge < -0.3 is 57.9 Å². The third-order valence-corrected chi connectivity index (χ3v) is 9.40. The van der Waals surface area contributed by atoms with E-state index in [-0.39, 0.29) is 25.2 Å². The van der Waals surface area contributed by atoms with E-state index in [4.69, 9.17) is 0 Å². The Kier molecular flexibility index (Phi) is 19.2. The number of carboxylic acids is 3. The van der Waals surface area contributed by atoms with Gasteiger partial charge in [0.25, 0.3) is 0 Å². The maximum atomic E-state index is 13.9. The Hall–Kier alpha value is -7.39. The molecule has 3 rings (SSSR count). The number of hydrogen-bond acceptors (Lipinski definition) is 11. The lowest BCUT2D eigenvalue weighted by Crippen LogP contribution is -2.63. The lowest BCUT2D eigenvalue weighted by molar-refractivity contribution is -0.143. The highest BCUT2D eigenvalue weighted by Gasteiger charge is 2.37. The molecular weight excluding hydrogens is 828 g/mol. The molecular formula is C41H52N8O14. The molecule has 0 bridgehead atoms. The third-order valence-electron chi connectivity index (χ3n) is 9.40. The van der Waals surface area contributed by atoms with Crippen LogP contribution in [-0.4, -0.2) is 129 Å². The highest BCUT2D eigenvalue weighted by atomic mass is 16.4. The molecule has 7 atom stereocenters. The summed E-state index contributed by atoms with van der Waals surface area (Å²) in [6.07, 6.45) is -3.31. The lowest BCUT2D eigenvalue weighted by atomic mass is 10.0. The topological polar surface area (TPSA) is 345 Å². The molecule has 0 aromatic heterocycles. The summed E-state index contributed by atoms with van der Waals surface area (Å²) in [5, 5.41) is 47.5. The largest absolute Gasteiger partial charge is 0.481 e. The fourth-order valence-corrected chi connectivity index (χ4v) is 6.35. The molecule has 0 spiro atoms. The van der Waals surface area contributed by atoms with Crippen molar-refractivity contribution in [1.29, 1.82) is 0 Å². The van der Waals surface area contributed by atoms with Gasteiger partial charge in [-0.15, -0.1) is 0 Å². The van der Waals surface area contributed by atoms with Crippen molar-refractivity contribution in [2.24, 2.45) is 5.92 Å². The van der Waals surface area contributed by atoms with E-state index in [0.717, 1.165) is 0 Å². The number of carbonyl (C=O) groups is 11. The highest BCUT2D eigenvalue weighted by Crippen LogP contribution is 2.11. The second-order valence-electron chi connectivity index (χ2n) is 15.2. The van der Waals surface area contributed by atoms with Crippen LogP contribution in [0.4, 0.5) is 0 Å². The van der Waals surface area contributed by atoms with Crippen molar-refractivity contribution in [3.63, 3.8) is 0 Å². The summed E-state index contributed by atoms with van der Waals surface area (Å²) in [5.74, 6) is -13.4. The van der Waals surface area contributed by atoms with Crippen molar-refractivity contribution in [3.05, 3.63) is 71.8 Å². The summed E-state index contributed by atoms with van der Waals surface area (Å²) in [4.78, 5) is 143. The second-order valence-corrected chi connectivity index (χ2v) is 15.2. The first kappa shape index (κ1) is 50.0. The minimum absolute atomic E-state index is 0.0302. The summed E-state index contributed by atoms with van der Waals surface area (Å²) >= 11 is 0. The summed E-state index contributed by atoms with van der Waals surface area (Å²) in [5.41, 5.74) is 1.13. The molecule has 0 unspecified atom stereocenters. The molecule has 63 heavy (non-hydrogen) atoms. The minimum Gasteiger partial charge on any atom is -0.481 e. The van der Waals surface area contributed by atoms with Gasteiger partial charge in [-0.05, 0) is 23.5 Å². The maximum absolute atomic E-state index is 13.9. The fraction of sp³-hybridized carbons (Fsp3) is 0.439. The molecule has 1 heterocycles. The average molecular weight is 881 g/mol. The van der Waals surface area contributed by atoms with E-state index in [2.05, 4.69) is 42.5 Å². The zero-order chi connectivity index (χ0) is 46.8. The summed E-state index contributed by atoms with van der Waals surface area (Å²) < 4.78 is 0. The van der Waals surface area contributed by atoms with Crippen molar-refractivity contribution in [1.82, 2.24) is 42.5 Å². The predicted molar refractivity (Wildman–Crippen MR) is 219 cm³/mol. The first-order valence-electron chi connectivity index (χ1n) is 19.8. The predicted octanol–water partition coefficient (Wildman–Crippen LogP) is -2.51. The number of carbonyl (C=O) groups excluding carboxylic acids is 8. The van der Waals surface area contributed by atoms with E-state index in [1.807, 2.05) is 0 Å². The van der Waals surface area contributed by atoms with Crippen LogP contribution in [0.5, 0.6) is 0 Å². The van der Waals surface area contributed by atoms with Crippen molar-refractivity contribution in [2.75, 3.05) is 6.54 Å². The fourth-order valence-electron chi connectivity index (χ4n) is 6.35.